The molecule has 3 aromatic rings. The first-order valence-electron chi connectivity index (χ1n) is 8.61. The largest absolute Gasteiger partial charge is 0.337 e. The molecule has 0 fully saturated rings. The molecule has 1 amide bonds. The average Bonchev–Trinajstić information content (AvgIpc) is 3.31. The summed E-state index contributed by atoms with van der Waals surface area (Å²) in [4.78, 5) is 16.7. The minimum atomic E-state index is 0.107. The Bertz CT molecular complexity index is 860. The summed E-state index contributed by atoms with van der Waals surface area (Å²) >= 11 is 1.66. The molecule has 0 radical (unpaired) electrons. The molecular weight excluding hydrogens is 330 g/mol. The molecule has 0 unspecified atom stereocenters. The monoisotopic (exact) mass is 351 g/mol. The molecule has 0 spiro atoms. The normalized spacial score (nSPS) is 13.0. The molecule has 0 saturated carbocycles. The van der Waals surface area contributed by atoms with Gasteiger partial charge in [0.05, 0.1) is 17.6 Å². The van der Waals surface area contributed by atoms with Gasteiger partial charge < -0.3 is 4.90 Å². The predicted octanol–water partition coefficient (Wildman–Crippen LogP) is 3.75. The molecule has 25 heavy (non-hydrogen) atoms. The van der Waals surface area contributed by atoms with Crippen LogP contribution in [0, 0.1) is 0 Å². The van der Waals surface area contributed by atoms with E-state index in [4.69, 9.17) is 0 Å². The number of amides is 1. The molecule has 2 heterocycles. The molecular formula is C20H21N3OS. The van der Waals surface area contributed by atoms with Crippen LogP contribution in [0.3, 0.4) is 0 Å². The van der Waals surface area contributed by atoms with Gasteiger partial charge in [-0.1, -0.05) is 30.3 Å². The van der Waals surface area contributed by atoms with Gasteiger partial charge in [0, 0.05) is 30.2 Å². The van der Waals surface area contributed by atoms with E-state index in [1.807, 2.05) is 42.3 Å². The van der Waals surface area contributed by atoms with Crippen molar-refractivity contribution < 1.29 is 4.79 Å². The Kier molecular flexibility index (Phi) is 4.40. The summed E-state index contributed by atoms with van der Waals surface area (Å²) in [6.45, 7) is 1.33. The first-order valence-corrected chi connectivity index (χ1v) is 9.43. The van der Waals surface area contributed by atoms with E-state index in [-0.39, 0.29) is 5.91 Å². The molecule has 1 aliphatic carbocycles. The minimum Gasteiger partial charge on any atom is -0.337 e. The molecule has 0 atom stereocenters. The van der Waals surface area contributed by atoms with Gasteiger partial charge in [0.2, 0.25) is 0 Å². The zero-order valence-corrected chi connectivity index (χ0v) is 15.1. The third-order valence-corrected chi connectivity index (χ3v) is 5.82. The fourth-order valence-corrected chi connectivity index (χ4v) is 4.56. The van der Waals surface area contributed by atoms with Crippen LogP contribution in [0.25, 0.3) is 0 Å². The predicted molar refractivity (Wildman–Crippen MR) is 99.9 cm³/mol. The maximum absolute atomic E-state index is 12.7. The van der Waals surface area contributed by atoms with Gasteiger partial charge in [0.25, 0.3) is 5.91 Å². The highest BCUT2D eigenvalue weighted by molar-refractivity contribution is 7.14. The van der Waals surface area contributed by atoms with Crippen LogP contribution in [0.2, 0.25) is 0 Å². The minimum absolute atomic E-state index is 0.107. The second-order valence-electron chi connectivity index (χ2n) is 6.61. The Hall–Kier alpha value is -2.40. The van der Waals surface area contributed by atoms with Gasteiger partial charge >= 0.3 is 0 Å². The highest BCUT2D eigenvalue weighted by Gasteiger charge is 2.21. The summed E-state index contributed by atoms with van der Waals surface area (Å²) in [6, 6.07) is 12.3. The van der Waals surface area contributed by atoms with Gasteiger partial charge in [-0.25, -0.2) is 0 Å². The van der Waals surface area contributed by atoms with E-state index in [1.165, 1.54) is 22.4 Å². The molecule has 0 saturated heterocycles. The van der Waals surface area contributed by atoms with Crippen molar-refractivity contribution >= 4 is 17.2 Å². The number of nitrogens with zero attached hydrogens (tertiary/aromatic N) is 3. The first-order chi connectivity index (χ1) is 12.2. The van der Waals surface area contributed by atoms with Crippen molar-refractivity contribution in [3.05, 3.63) is 75.2 Å². The number of hydrogen-bond acceptors (Lipinski definition) is 3. The fraction of sp³-hybridized carbons (Fsp3) is 0.300. The lowest BCUT2D eigenvalue weighted by molar-refractivity contribution is 0.0790. The summed E-state index contributed by atoms with van der Waals surface area (Å²) in [6.07, 6.45) is 7.34. The first kappa shape index (κ1) is 16.1. The van der Waals surface area contributed by atoms with Gasteiger partial charge in [0.15, 0.2) is 0 Å². The molecule has 0 bridgehead atoms. The van der Waals surface area contributed by atoms with Crippen LogP contribution >= 0.6 is 11.3 Å². The zero-order chi connectivity index (χ0) is 17.2. The number of hydrogen-bond donors (Lipinski definition) is 0. The standard InChI is InChI=1S/C20H21N3OS/c1-22(20(24)19-10-17-8-5-9-18(17)25-19)12-16-11-21-23(14-16)13-15-6-3-2-4-7-15/h2-4,6-7,10-11,14H,5,8-9,12-13H2,1H3. The Labute approximate surface area is 151 Å². The Morgan fingerprint density at radius 2 is 2.08 bits per heavy atom. The van der Waals surface area contributed by atoms with E-state index < -0.39 is 0 Å². The van der Waals surface area contributed by atoms with Gasteiger partial charge in [-0.15, -0.1) is 11.3 Å². The Morgan fingerprint density at radius 3 is 2.88 bits per heavy atom. The zero-order valence-electron chi connectivity index (χ0n) is 14.3. The number of aromatic nitrogens is 2. The van der Waals surface area contributed by atoms with Gasteiger partial charge in [-0.05, 0) is 36.5 Å². The summed E-state index contributed by atoms with van der Waals surface area (Å²) in [5.74, 6) is 0.107. The fourth-order valence-electron chi connectivity index (χ4n) is 3.31. The summed E-state index contributed by atoms with van der Waals surface area (Å²) in [5, 5.41) is 4.42. The lowest BCUT2D eigenvalue weighted by atomic mass is 10.2. The molecule has 2 aromatic heterocycles. The number of fused-ring (bicyclic) bond motifs is 1. The molecule has 5 heteroatoms. The maximum Gasteiger partial charge on any atom is 0.263 e. The second-order valence-corrected chi connectivity index (χ2v) is 7.74. The molecule has 1 aromatic carbocycles. The quantitative estimate of drug-likeness (QED) is 0.702. The number of aryl methyl sites for hydroxylation is 2. The smallest absolute Gasteiger partial charge is 0.263 e. The average molecular weight is 351 g/mol. The van der Waals surface area contributed by atoms with Crippen molar-refractivity contribution in [3.8, 4) is 0 Å². The molecule has 1 aliphatic rings. The molecule has 128 valence electrons. The van der Waals surface area contributed by atoms with Crippen molar-refractivity contribution in [2.45, 2.75) is 32.4 Å². The molecule has 0 aliphatic heterocycles. The van der Waals surface area contributed by atoms with Gasteiger partial charge in [-0.2, -0.15) is 5.10 Å². The lowest BCUT2D eigenvalue weighted by Gasteiger charge is -2.15. The van der Waals surface area contributed by atoms with E-state index in [0.717, 1.165) is 29.8 Å². The molecule has 0 N–H and O–H groups in total. The summed E-state index contributed by atoms with van der Waals surface area (Å²) in [5.41, 5.74) is 3.64. The highest BCUT2D eigenvalue weighted by atomic mass is 32.1. The van der Waals surface area contributed by atoms with E-state index in [9.17, 15) is 4.79 Å². The number of carbonyl (C=O) groups excluding carboxylic acids is 1. The van der Waals surface area contributed by atoms with Crippen LogP contribution in [-0.2, 0) is 25.9 Å². The molecule has 4 nitrogen and oxygen atoms in total. The molecule has 4 rings (SSSR count). The van der Waals surface area contributed by atoms with E-state index >= 15 is 0 Å². The second kappa shape index (κ2) is 6.84. The van der Waals surface area contributed by atoms with Gasteiger partial charge in [0.1, 0.15) is 0 Å². The van der Waals surface area contributed by atoms with E-state index in [2.05, 4.69) is 23.3 Å². The summed E-state index contributed by atoms with van der Waals surface area (Å²) in [7, 11) is 1.86. The third-order valence-electron chi connectivity index (χ3n) is 4.60. The van der Waals surface area contributed by atoms with Crippen molar-refractivity contribution in [2.75, 3.05) is 7.05 Å². The van der Waals surface area contributed by atoms with E-state index in [1.54, 1.807) is 16.2 Å². The van der Waals surface area contributed by atoms with Crippen molar-refractivity contribution in [2.24, 2.45) is 0 Å². The van der Waals surface area contributed by atoms with Crippen LogP contribution in [-0.4, -0.2) is 27.6 Å². The highest BCUT2D eigenvalue weighted by Crippen LogP contribution is 2.31. The topological polar surface area (TPSA) is 38.1 Å². The summed E-state index contributed by atoms with van der Waals surface area (Å²) < 4.78 is 1.92. The van der Waals surface area contributed by atoms with E-state index in [0.29, 0.717) is 6.54 Å². The van der Waals surface area contributed by atoms with Crippen LogP contribution < -0.4 is 0 Å². The van der Waals surface area contributed by atoms with Crippen LogP contribution in [0.4, 0.5) is 0 Å². The maximum atomic E-state index is 12.7. The van der Waals surface area contributed by atoms with Crippen molar-refractivity contribution in [1.82, 2.24) is 14.7 Å². The third kappa shape index (κ3) is 3.51. The van der Waals surface area contributed by atoms with Crippen LogP contribution in [0.5, 0.6) is 0 Å². The number of benzene rings is 1. The lowest BCUT2D eigenvalue weighted by Crippen LogP contribution is -2.25. The number of carbonyl (C=O) groups is 1. The number of rotatable bonds is 5. The Morgan fingerprint density at radius 1 is 1.24 bits per heavy atom. The van der Waals surface area contributed by atoms with Crippen molar-refractivity contribution in [1.29, 1.82) is 0 Å². The van der Waals surface area contributed by atoms with Crippen molar-refractivity contribution in [3.63, 3.8) is 0 Å². The van der Waals surface area contributed by atoms with Crippen LogP contribution in [0.1, 0.15) is 37.7 Å². The van der Waals surface area contributed by atoms with Gasteiger partial charge in [-0.3, -0.25) is 9.48 Å². The van der Waals surface area contributed by atoms with Crippen LogP contribution in [0.15, 0.2) is 48.8 Å². The Balaban J connectivity index is 1.40. The SMILES string of the molecule is CN(Cc1cnn(Cc2ccccc2)c1)C(=O)c1cc2c(s1)CCC2. The number of thiophene rings is 1.